The van der Waals surface area contributed by atoms with Gasteiger partial charge in [-0.3, -0.25) is 14.3 Å². The first kappa shape index (κ1) is 20.5. The number of aryl methyl sites for hydroxylation is 1. The topological polar surface area (TPSA) is 86.9 Å². The van der Waals surface area contributed by atoms with Gasteiger partial charge in [0.1, 0.15) is 6.04 Å². The van der Waals surface area contributed by atoms with Crippen molar-refractivity contribution in [1.82, 2.24) is 19.5 Å². The summed E-state index contributed by atoms with van der Waals surface area (Å²) in [5.41, 5.74) is 2.58. The molecule has 0 saturated carbocycles. The average molecular weight is 420 g/mol. The van der Waals surface area contributed by atoms with Crippen molar-refractivity contribution in [1.29, 1.82) is 0 Å². The third-order valence-corrected chi connectivity index (χ3v) is 5.37. The molecule has 0 radical (unpaired) electrons. The van der Waals surface area contributed by atoms with Crippen molar-refractivity contribution < 1.29 is 14.3 Å². The Kier molecular flexibility index (Phi) is 5.37. The first-order valence-electron chi connectivity index (χ1n) is 9.93. The fourth-order valence-corrected chi connectivity index (χ4v) is 3.92. The highest BCUT2D eigenvalue weighted by Crippen LogP contribution is 2.31. The summed E-state index contributed by atoms with van der Waals surface area (Å²) in [7, 11) is 3.14. The molecule has 1 atom stereocenters. The number of rotatable bonds is 6. The van der Waals surface area contributed by atoms with Crippen molar-refractivity contribution in [2.75, 3.05) is 14.2 Å². The zero-order chi connectivity index (χ0) is 22.1. The van der Waals surface area contributed by atoms with Crippen molar-refractivity contribution in [3.05, 3.63) is 70.1 Å². The summed E-state index contributed by atoms with van der Waals surface area (Å²) in [6.45, 7) is 3.94. The van der Waals surface area contributed by atoms with E-state index in [2.05, 4.69) is 10.3 Å². The van der Waals surface area contributed by atoms with Crippen LogP contribution in [0.2, 0.25) is 0 Å². The smallest absolute Gasteiger partial charge is 0.273 e. The van der Waals surface area contributed by atoms with E-state index in [9.17, 15) is 9.59 Å². The Morgan fingerprint density at radius 3 is 2.65 bits per heavy atom. The van der Waals surface area contributed by atoms with Gasteiger partial charge >= 0.3 is 0 Å². The maximum Gasteiger partial charge on any atom is 0.273 e. The number of carbonyl (C=O) groups is 1. The van der Waals surface area contributed by atoms with Crippen LogP contribution in [-0.4, -0.2) is 34.3 Å². The van der Waals surface area contributed by atoms with Gasteiger partial charge in [-0.25, -0.2) is 4.52 Å². The van der Waals surface area contributed by atoms with Gasteiger partial charge in [0.15, 0.2) is 17.1 Å². The predicted molar refractivity (Wildman–Crippen MR) is 118 cm³/mol. The Morgan fingerprint density at radius 1 is 1.13 bits per heavy atom. The zero-order valence-electron chi connectivity index (χ0n) is 17.9. The number of nitrogens with one attached hydrogen (secondary N) is 1. The standard InChI is InChI=1S/C23H24N4O4/c1-14-12-20(28)25-22-17-9-5-6-10-18(17)27(26(14)22)15(2)23(29)24-13-16-8-7-11-19(30-3)21(16)31-4/h5-12,15H,13H2,1-4H3,(H,24,29)/t15-/m0/s1. The Labute approximate surface area is 179 Å². The maximum atomic E-state index is 13.1. The third-order valence-electron chi connectivity index (χ3n) is 5.37. The van der Waals surface area contributed by atoms with Gasteiger partial charge in [0, 0.05) is 29.3 Å². The van der Waals surface area contributed by atoms with E-state index in [1.807, 2.05) is 65.5 Å². The number of amides is 1. The van der Waals surface area contributed by atoms with Gasteiger partial charge in [0.2, 0.25) is 5.91 Å². The van der Waals surface area contributed by atoms with Crippen LogP contribution in [-0.2, 0) is 11.3 Å². The molecule has 0 spiro atoms. The molecule has 0 bridgehead atoms. The summed E-state index contributed by atoms with van der Waals surface area (Å²) in [5.74, 6) is 1.02. The SMILES string of the molecule is COc1cccc(CNC(=O)[C@H](C)n2c3ccccc3c3nc(=O)cc(C)n32)c1OC. The highest BCUT2D eigenvalue weighted by molar-refractivity contribution is 5.94. The minimum absolute atomic E-state index is 0.175. The van der Waals surface area contributed by atoms with Gasteiger partial charge in [0.05, 0.1) is 19.7 Å². The van der Waals surface area contributed by atoms with E-state index in [1.54, 1.807) is 14.2 Å². The fourth-order valence-electron chi connectivity index (χ4n) is 3.92. The molecule has 0 unspecified atom stereocenters. The lowest BCUT2D eigenvalue weighted by Crippen LogP contribution is -2.32. The third kappa shape index (κ3) is 3.50. The molecular weight excluding hydrogens is 396 g/mol. The summed E-state index contributed by atoms with van der Waals surface area (Å²) in [5, 5.41) is 3.80. The number of carbonyl (C=O) groups excluding carboxylic acids is 1. The molecular formula is C23H24N4O4. The number of nitrogens with zero attached hydrogens (tertiary/aromatic N) is 3. The van der Waals surface area contributed by atoms with Gasteiger partial charge in [-0.2, -0.15) is 4.98 Å². The summed E-state index contributed by atoms with van der Waals surface area (Å²) < 4.78 is 14.5. The lowest BCUT2D eigenvalue weighted by Gasteiger charge is -2.19. The highest BCUT2D eigenvalue weighted by atomic mass is 16.5. The Hall–Kier alpha value is -3.81. The number of para-hydroxylation sites is 2. The minimum atomic E-state index is -0.554. The second kappa shape index (κ2) is 8.14. The molecule has 0 aliphatic heterocycles. The molecule has 2 aromatic carbocycles. The minimum Gasteiger partial charge on any atom is -0.493 e. The fraction of sp³-hybridized carbons (Fsp3) is 0.261. The van der Waals surface area contributed by atoms with E-state index in [-0.39, 0.29) is 18.0 Å². The van der Waals surface area contributed by atoms with E-state index in [0.717, 1.165) is 16.5 Å². The molecule has 0 aliphatic rings. The van der Waals surface area contributed by atoms with Crippen LogP contribution in [0.4, 0.5) is 0 Å². The van der Waals surface area contributed by atoms with Gasteiger partial charge in [-0.1, -0.05) is 24.3 Å². The number of methoxy groups -OCH3 is 2. The van der Waals surface area contributed by atoms with Crippen LogP contribution in [0, 0.1) is 6.92 Å². The first-order chi connectivity index (χ1) is 15.0. The lowest BCUT2D eigenvalue weighted by atomic mass is 10.1. The normalized spacial score (nSPS) is 12.1. The zero-order valence-corrected chi connectivity index (χ0v) is 17.9. The maximum absolute atomic E-state index is 13.1. The van der Waals surface area contributed by atoms with Gasteiger partial charge in [-0.05, 0) is 32.0 Å². The van der Waals surface area contributed by atoms with Crippen molar-refractivity contribution in [2.45, 2.75) is 26.4 Å². The van der Waals surface area contributed by atoms with Crippen LogP contribution in [0.15, 0.2) is 53.3 Å². The second-order valence-electron chi connectivity index (χ2n) is 7.28. The number of aromatic nitrogens is 3. The van der Waals surface area contributed by atoms with Crippen molar-refractivity contribution in [3.8, 4) is 11.5 Å². The first-order valence-corrected chi connectivity index (χ1v) is 9.93. The van der Waals surface area contributed by atoms with E-state index in [4.69, 9.17) is 9.47 Å². The molecule has 2 heterocycles. The molecule has 2 aromatic heterocycles. The monoisotopic (exact) mass is 420 g/mol. The number of hydrogen-bond donors (Lipinski definition) is 1. The van der Waals surface area contributed by atoms with Crippen LogP contribution >= 0.6 is 0 Å². The Balaban J connectivity index is 1.71. The summed E-state index contributed by atoms with van der Waals surface area (Å²) in [4.78, 5) is 29.3. The number of ether oxygens (including phenoxy) is 2. The molecule has 4 aromatic rings. The molecule has 1 N–H and O–H groups in total. The molecule has 31 heavy (non-hydrogen) atoms. The Bertz CT molecular complexity index is 1340. The van der Waals surface area contributed by atoms with Crippen LogP contribution in [0.3, 0.4) is 0 Å². The molecule has 4 rings (SSSR count). The second-order valence-corrected chi connectivity index (χ2v) is 7.28. The molecule has 8 heteroatoms. The van der Waals surface area contributed by atoms with Crippen molar-refractivity contribution >= 4 is 22.5 Å². The molecule has 160 valence electrons. The number of fused-ring (bicyclic) bond motifs is 3. The molecule has 0 aliphatic carbocycles. The largest absolute Gasteiger partial charge is 0.493 e. The van der Waals surface area contributed by atoms with E-state index < -0.39 is 6.04 Å². The summed E-state index contributed by atoms with van der Waals surface area (Å²) in [6.07, 6.45) is 0. The van der Waals surface area contributed by atoms with Crippen LogP contribution < -0.4 is 20.3 Å². The van der Waals surface area contributed by atoms with Crippen LogP contribution in [0.25, 0.3) is 16.6 Å². The average Bonchev–Trinajstić information content (AvgIpc) is 3.11. The predicted octanol–water partition coefficient (Wildman–Crippen LogP) is 2.85. The lowest BCUT2D eigenvalue weighted by molar-refractivity contribution is -0.124. The van der Waals surface area contributed by atoms with E-state index in [1.165, 1.54) is 6.07 Å². The van der Waals surface area contributed by atoms with Crippen molar-refractivity contribution in [3.63, 3.8) is 0 Å². The summed E-state index contributed by atoms with van der Waals surface area (Å²) >= 11 is 0. The van der Waals surface area contributed by atoms with E-state index in [0.29, 0.717) is 22.8 Å². The molecule has 1 amide bonds. The molecule has 8 nitrogen and oxygen atoms in total. The van der Waals surface area contributed by atoms with E-state index >= 15 is 0 Å². The molecule has 0 saturated heterocycles. The van der Waals surface area contributed by atoms with Gasteiger partial charge in [-0.15, -0.1) is 0 Å². The highest BCUT2D eigenvalue weighted by Gasteiger charge is 2.22. The van der Waals surface area contributed by atoms with Crippen molar-refractivity contribution in [2.24, 2.45) is 0 Å². The van der Waals surface area contributed by atoms with Gasteiger partial charge < -0.3 is 14.8 Å². The van der Waals surface area contributed by atoms with Gasteiger partial charge in [0.25, 0.3) is 5.56 Å². The molecule has 0 fully saturated rings. The number of hydrogen-bond acceptors (Lipinski definition) is 5. The Morgan fingerprint density at radius 2 is 1.90 bits per heavy atom. The number of benzene rings is 2. The quantitative estimate of drug-likeness (QED) is 0.518. The van der Waals surface area contributed by atoms with Crippen LogP contribution in [0.5, 0.6) is 11.5 Å². The van der Waals surface area contributed by atoms with Crippen LogP contribution in [0.1, 0.15) is 24.2 Å². The summed E-state index contributed by atoms with van der Waals surface area (Å²) in [6, 6.07) is 14.1.